The van der Waals surface area contributed by atoms with Crippen LogP contribution in [0.25, 0.3) is 0 Å². The van der Waals surface area contributed by atoms with Crippen LogP contribution in [0.15, 0.2) is 0 Å². The van der Waals surface area contributed by atoms with Crippen molar-refractivity contribution in [2.24, 2.45) is 0 Å². The van der Waals surface area contributed by atoms with E-state index in [1.54, 1.807) is 0 Å². The lowest BCUT2D eigenvalue weighted by atomic mass is 9.97. The minimum absolute atomic E-state index is 0.0161. The van der Waals surface area contributed by atoms with E-state index >= 15 is 0 Å². The predicted molar refractivity (Wildman–Crippen MR) is 128 cm³/mol. The van der Waals surface area contributed by atoms with Crippen LogP contribution in [0, 0.1) is 0 Å². The summed E-state index contributed by atoms with van der Waals surface area (Å²) in [7, 11) is 0. The van der Waals surface area contributed by atoms with Crippen molar-refractivity contribution in [1.29, 1.82) is 0 Å². The number of ether oxygens (including phenoxy) is 2. The Labute approximate surface area is 200 Å². The summed E-state index contributed by atoms with van der Waals surface area (Å²) in [5.74, 6) is -1.74. The number of aliphatic hydroxyl groups is 4. The highest BCUT2D eigenvalue weighted by atomic mass is 16.7. The molecule has 1 heterocycles. The number of amides is 1. The third-order valence-electron chi connectivity index (χ3n) is 6.38. The number of hydrogen-bond acceptors (Lipinski definition) is 7. The van der Waals surface area contributed by atoms with Crippen molar-refractivity contribution in [3.05, 3.63) is 0 Å². The van der Waals surface area contributed by atoms with Gasteiger partial charge in [-0.15, -0.1) is 0 Å². The van der Waals surface area contributed by atoms with E-state index in [1.807, 2.05) is 0 Å². The van der Waals surface area contributed by atoms with Crippen LogP contribution in [-0.2, 0) is 14.3 Å². The summed E-state index contributed by atoms with van der Waals surface area (Å²) in [5, 5.41) is 41.7. The van der Waals surface area contributed by atoms with Gasteiger partial charge in [0.1, 0.15) is 24.9 Å². The summed E-state index contributed by atoms with van der Waals surface area (Å²) in [4.78, 5) is 11.9. The Morgan fingerprint density at radius 2 is 1.45 bits per heavy atom. The molecular weight excluding hydrogens is 426 g/mol. The minimum Gasteiger partial charge on any atom is -0.391 e. The maximum absolute atomic E-state index is 11.9. The van der Waals surface area contributed by atoms with Crippen LogP contribution in [0.2, 0.25) is 0 Å². The zero-order chi connectivity index (χ0) is 24.4. The zero-order valence-electron chi connectivity index (χ0n) is 20.7. The average molecular weight is 476 g/mol. The predicted octanol–water partition coefficient (Wildman–Crippen LogP) is 2.79. The summed E-state index contributed by atoms with van der Waals surface area (Å²) in [6.45, 7) is 1.90. The molecule has 1 aliphatic heterocycles. The van der Waals surface area contributed by atoms with Gasteiger partial charge >= 0.3 is 0 Å². The summed E-state index contributed by atoms with van der Waals surface area (Å²) in [5.41, 5.74) is 0. The molecule has 0 unspecified atom stereocenters. The highest BCUT2D eigenvalue weighted by Crippen LogP contribution is 2.27. The molecule has 33 heavy (non-hydrogen) atoms. The topological polar surface area (TPSA) is 128 Å². The molecule has 0 aromatic rings. The number of unbranched alkanes of at least 4 members (excludes halogenated alkanes) is 12. The van der Waals surface area contributed by atoms with Crippen LogP contribution in [-0.4, -0.2) is 76.8 Å². The molecular formula is C25H49NO7. The summed E-state index contributed by atoms with van der Waals surface area (Å²) < 4.78 is 10.7. The maximum atomic E-state index is 11.9. The van der Waals surface area contributed by atoms with Crippen molar-refractivity contribution >= 4 is 5.91 Å². The fourth-order valence-corrected chi connectivity index (χ4v) is 4.13. The monoisotopic (exact) mass is 475 g/mol. The van der Waals surface area contributed by atoms with Gasteiger partial charge in [-0.2, -0.15) is 0 Å². The Kier molecular flexibility index (Phi) is 17.0. The smallest absolute Gasteiger partial charge is 0.221 e. The van der Waals surface area contributed by atoms with Gasteiger partial charge in [0.25, 0.3) is 0 Å². The first-order valence-corrected chi connectivity index (χ1v) is 13.2. The van der Waals surface area contributed by atoms with Crippen molar-refractivity contribution in [2.75, 3.05) is 26.4 Å². The lowest BCUT2D eigenvalue weighted by Crippen LogP contribution is -2.63. The number of aliphatic hydroxyl groups excluding tert-OH is 4. The Morgan fingerprint density at radius 1 is 0.909 bits per heavy atom. The molecule has 1 aliphatic rings. The number of carbonyl (C=O) groups excluding carboxylic acids is 1. The van der Waals surface area contributed by atoms with Crippen molar-refractivity contribution in [2.45, 2.75) is 127 Å². The molecule has 1 saturated heterocycles. The van der Waals surface area contributed by atoms with E-state index < -0.39 is 30.7 Å². The van der Waals surface area contributed by atoms with Crippen LogP contribution in [0.5, 0.6) is 0 Å². The molecule has 0 aromatic heterocycles. The van der Waals surface area contributed by atoms with Crippen molar-refractivity contribution in [3.8, 4) is 0 Å². The molecule has 0 bridgehead atoms. The maximum Gasteiger partial charge on any atom is 0.221 e. The molecule has 4 atom stereocenters. The molecule has 8 heteroatoms. The lowest BCUT2D eigenvalue weighted by Gasteiger charge is -2.43. The average Bonchev–Trinajstić information content (AvgIpc) is 2.82. The largest absolute Gasteiger partial charge is 0.391 e. The van der Waals surface area contributed by atoms with Gasteiger partial charge in [0, 0.05) is 13.0 Å². The van der Waals surface area contributed by atoms with Crippen LogP contribution in [0.3, 0.4) is 0 Å². The minimum atomic E-state index is -1.75. The van der Waals surface area contributed by atoms with Gasteiger partial charge in [0.05, 0.1) is 13.2 Å². The van der Waals surface area contributed by atoms with E-state index in [9.17, 15) is 25.2 Å². The fourth-order valence-electron chi connectivity index (χ4n) is 4.13. The van der Waals surface area contributed by atoms with E-state index in [0.29, 0.717) is 19.4 Å². The van der Waals surface area contributed by atoms with Crippen LogP contribution in [0.4, 0.5) is 0 Å². The summed E-state index contributed by atoms with van der Waals surface area (Å²) >= 11 is 0. The Morgan fingerprint density at radius 3 is 2.00 bits per heavy atom. The first-order valence-electron chi connectivity index (χ1n) is 13.2. The highest BCUT2D eigenvalue weighted by molar-refractivity contribution is 5.75. The molecule has 8 nitrogen and oxygen atoms in total. The fraction of sp³-hybridized carbons (Fsp3) is 0.960. The summed E-state index contributed by atoms with van der Waals surface area (Å²) in [6, 6.07) is 0. The molecule has 1 rings (SSSR count). The van der Waals surface area contributed by atoms with Gasteiger partial charge in [-0.05, 0) is 12.8 Å². The molecule has 0 aliphatic carbocycles. The second-order valence-corrected chi connectivity index (χ2v) is 9.33. The molecule has 0 saturated carbocycles. The Balaban J connectivity index is 1.94. The number of rotatable bonds is 20. The van der Waals surface area contributed by atoms with Gasteiger partial charge in [0.2, 0.25) is 11.7 Å². The van der Waals surface area contributed by atoms with Crippen LogP contribution in [0.1, 0.15) is 103 Å². The van der Waals surface area contributed by atoms with E-state index in [4.69, 9.17) is 9.47 Å². The van der Waals surface area contributed by atoms with Gasteiger partial charge in [-0.1, -0.05) is 84.0 Å². The van der Waals surface area contributed by atoms with Gasteiger partial charge < -0.3 is 35.2 Å². The van der Waals surface area contributed by atoms with E-state index in [-0.39, 0.29) is 19.1 Å². The molecule has 0 aromatic carbocycles. The van der Waals surface area contributed by atoms with Gasteiger partial charge in [-0.3, -0.25) is 4.79 Å². The molecule has 5 N–H and O–H groups in total. The zero-order valence-corrected chi connectivity index (χ0v) is 20.7. The normalized spacial score (nSPS) is 25.3. The quantitative estimate of drug-likeness (QED) is 0.171. The van der Waals surface area contributed by atoms with Crippen molar-refractivity contribution in [1.82, 2.24) is 5.32 Å². The first kappa shape index (κ1) is 30.3. The van der Waals surface area contributed by atoms with E-state index in [0.717, 1.165) is 12.8 Å². The van der Waals surface area contributed by atoms with Gasteiger partial charge in [0.15, 0.2) is 0 Å². The molecule has 0 spiro atoms. The highest BCUT2D eigenvalue weighted by Gasteiger charge is 2.50. The Bertz CT molecular complexity index is 493. The number of nitrogens with one attached hydrogen (secondary N) is 1. The third-order valence-corrected chi connectivity index (χ3v) is 6.38. The van der Waals surface area contributed by atoms with Crippen molar-refractivity contribution < 1.29 is 34.7 Å². The number of hydrogen-bond donors (Lipinski definition) is 5. The van der Waals surface area contributed by atoms with Crippen LogP contribution < -0.4 is 5.32 Å². The molecule has 0 radical (unpaired) electrons. The Hall–Kier alpha value is -0.770. The second-order valence-electron chi connectivity index (χ2n) is 9.33. The van der Waals surface area contributed by atoms with E-state index in [2.05, 4.69) is 12.2 Å². The lowest BCUT2D eigenvalue weighted by molar-refractivity contribution is -0.348. The molecule has 1 amide bonds. The van der Waals surface area contributed by atoms with Gasteiger partial charge in [-0.25, -0.2) is 0 Å². The van der Waals surface area contributed by atoms with E-state index in [1.165, 1.54) is 70.6 Å². The molecule has 1 fully saturated rings. The molecule has 196 valence electrons. The number of carbonyl (C=O) groups is 1. The standard InChI is InChI=1S/C25H49NO7/c1-2-3-4-5-6-7-8-9-10-11-12-13-14-16-22(29)26-17-15-18-32-25(20-27)24(31)23(30)21(28)19-33-25/h21,23-24,27-28,30-31H,2-20H2,1H3,(H,26,29)/t21-,23-,24+,25-/m1/s1. The van der Waals surface area contributed by atoms with Crippen LogP contribution >= 0.6 is 0 Å². The summed E-state index contributed by atoms with van der Waals surface area (Å²) in [6.07, 6.45) is 13.3. The second kappa shape index (κ2) is 18.5. The SMILES string of the molecule is CCCCCCCCCCCCCCCC(=O)NCCCO[C@]1(CO)OC[C@@H](O)[C@@H](O)[C@@H]1O. The van der Waals surface area contributed by atoms with Crippen molar-refractivity contribution in [3.63, 3.8) is 0 Å². The third kappa shape index (κ3) is 12.5. The first-order chi connectivity index (χ1) is 16.0.